The second-order valence-electron chi connectivity index (χ2n) is 4.75. The monoisotopic (exact) mass is 306 g/mol. The van der Waals surface area contributed by atoms with Crippen molar-refractivity contribution in [3.63, 3.8) is 0 Å². The van der Waals surface area contributed by atoms with E-state index in [0.717, 1.165) is 0 Å². The minimum absolute atomic E-state index is 0.143. The molecule has 3 N–H and O–H groups in total. The van der Waals surface area contributed by atoms with E-state index in [9.17, 15) is 8.42 Å². The van der Waals surface area contributed by atoms with Crippen molar-refractivity contribution >= 4 is 21.6 Å². The normalized spacial score (nSPS) is 12.7. The van der Waals surface area contributed by atoms with Crippen molar-refractivity contribution in [1.29, 1.82) is 0 Å². The van der Waals surface area contributed by atoms with E-state index in [0.29, 0.717) is 10.6 Å². The minimum atomic E-state index is -3.60. The summed E-state index contributed by atoms with van der Waals surface area (Å²) in [7, 11) is -2.07. The van der Waals surface area contributed by atoms with Crippen LogP contribution in [0.1, 0.15) is 19.4 Å². The lowest BCUT2D eigenvalue weighted by Gasteiger charge is -2.23. The van der Waals surface area contributed by atoms with Crippen molar-refractivity contribution in [2.24, 2.45) is 5.73 Å². The molecular weight excluding hydrogens is 288 g/mol. The number of halogens is 1. The molecule has 0 fully saturated rings. The number of nitrogens with two attached hydrogens (primary N) is 1. The molecule has 0 aliphatic carbocycles. The van der Waals surface area contributed by atoms with Gasteiger partial charge in [-0.2, -0.15) is 0 Å². The number of benzene rings is 1. The minimum Gasteiger partial charge on any atom is -0.377 e. The Labute approximate surface area is 119 Å². The summed E-state index contributed by atoms with van der Waals surface area (Å²) in [5, 5.41) is 0.457. The van der Waals surface area contributed by atoms with Crippen molar-refractivity contribution in [1.82, 2.24) is 4.72 Å². The number of sulfonamides is 1. The summed E-state index contributed by atoms with van der Waals surface area (Å²) < 4.78 is 31.9. The van der Waals surface area contributed by atoms with Crippen LogP contribution < -0.4 is 10.5 Å². The smallest absolute Gasteiger partial charge is 0.240 e. The van der Waals surface area contributed by atoms with Crippen LogP contribution in [0.4, 0.5) is 0 Å². The molecule has 1 rings (SSSR count). The third-order valence-corrected chi connectivity index (χ3v) is 4.56. The Bertz CT molecular complexity index is 544. The maximum Gasteiger partial charge on any atom is 0.240 e. The number of nitrogens with one attached hydrogen (secondary N) is 1. The summed E-state index contributed by atoms with van der Waals surface area (Å²) in [6.07, 6.45) is 0. The van der Waals surface area contributed by atoms with Crippen LogP contribution in [-0.4, -0.2) is 27.7 Å². The SMILES string of the molecule is COC(C)(C)CNS(=O)(=O)c1ccc(Cl)c(CN)c1. The molecule has 0 saturated heterocycles. The Morgan fingerprint density at radius 1 is 1.42 bits per heavy atom. The fourth-order valence-corrected chi connectivity index (χ4v) is 2.74. The van der Waals surface area contributed by atoms with E-state index in [1.54, 1.807) is 13.8 Å². The van der Waals surface area contributed by atoms with Gasteiger partial charge in [-0.25, -0.2) is 13.1 Å². The average Bonchev–Trinajstić information content (AvgIpc) is 2.37. The summed E-state index contributed by atoms with van der Waals surface area (Å²) in [6.45, 7) is 3.95. The average molecular weight is 307 g/mol. The van der Waals surface area contributed by atoms with E-state index >= 15 is 0 Å². The second kappa shape index (κ2) is 6.19. The van der Waals surface area contributed by atoms with E-state index in [1.807, 2.05) is 0 Å². The molecule has 7 heteroatoms. The number of rotatable bonds is 6. The number of ether oxygens (including phenoxy) is 1. The molecule has 0 unspecified atom stereocenters. The predicted octanol–water partition coefficient (Wildman–Crippen LogP) is 1.50. The van der Waals surface area contributed by atoms with E-state index in [1.165, 1.54) is 25.3 Å². The van der Waals surface area contributed by atoms with Gasteiger partial charge in [0.15, 0.2) is 0 Å². The Hall–Kier alpha value is -0.660. The maximum atomic E-state index is 12.1. The van der Waals surface area contributed by atoms with Gasteiger partial charge in [0.1, 0.15) is 0 Å². The predicted molar refractivity (Wildman–Crippen MR) is 75.6 cm³/mol. The van der Waals surface area contributed by atoms with Gasteiger partial charge in [-0.3, -0.25) is 0 Å². The van der Waals surface area contributed by atoms with E-state index in [4.69, 9.17) is 22.1 Å². The van der Waals surface area contributed by atoms with Crippen molar-refractivity contribution in [3.05, 3.63) is 28.8 Å². The third-order valence-electron chi connectivity index (χ3n) is 2.79. The molecule has 0 aliphatic heterocycles. The summed E-state index contributed by atoms with van der Waals surface area (Å²) >= 11 is 5.90. The first-order chi connectivity index (χ1) is 8.72. The van der Waals surface area contributed by atoms with Crippen LogP contribution >= 0.6 is 11.6 Å². The highest BCUT2D eigenvalue weighted by atomic mass is 35.5. The van der Waals surface area contributed by atoms with Gasteiger partial charge in [-0.15, -0.1) is 0 Å². The van der Waals surface area contributed by atoms with Gasteiger partial charge in [0, 0.05) is 25.2 Å². The van der Waals surface area contributed by atoms with Crippen molar-refractivity contribution in [2.45, 2.75) is 30.9 Å². The molecule has 0 heterocycles. The molecule has 1 aromatic carbocycles. The van der Waals surface area contributed by atoms with Crippen LogP contribution in [0.3, 0.4) is 0 Å². The quantitative estimate of drug-likeness (QED) is 0.834. The van der Waals surface area contributed by atoms with E-state index < -0.39 is 15.6 Å². The zero-order valence-corrected chi connectivity index (χ0v) is 12.8. The van der Waals surface area contributed by atoms with Gasteiger partial charge in [0.2, 0.25) is 10.0 Å². The lowest BCUT2D eigenvalue weighted by Crippen LogP contribution is -2.39. The van der Waals surface area contributed by atoms with Crippen LogP contribution in [0.15, 0.2) is 23.1 Å². The van der Waals surface area contributed by atoms with E-state index in [-0.39, 0.29) is 18.0 Å². The van der Waals surface area contributed by atoms with Crippen LogP contribution in [0.5, 0.6) is 0 Å². The molecule has 0 aromatic heterocycles. The second-order valence-corrected chi connectivity index (χ2v) is 6.92. The fourth-order valence-electron chi connectivity index (χ4n) is 1.30. The van der Waals surface area contributed by atoms with Crippen molar-refractivity contribution in [2.75, 3.05) is 13.7 Å². The molecular formula is C12H19ClN2O3S. The fraction of sp³-hybridized carbons (Fsp3) is 0.500. The van der Waals surface area contributed by atoms with Gasteiger partial charge < -0.3 is 10.5 Å². The zero-order chi connectivity index (χ0) is 14.7. The van der Waals surface area contributed by atoms with Crippen LogP contribution in [0, 0.1) is 0 Å². The van der Waals surface area contributed by atoms with Crippen molar-refractivity contribution < 1.29 is 13.2 Å². The first-order valence-corrected chi connectivity index (χ1v) is 7.61. The van der Waals surface area contributed by atoms with Gasteiger partial charge in [-0.1, -0.05) is 11.6 Å². The molecule has 0 amide bonds. The Morgan fingerprint density at radius 3 is 2.58 bits per heavy atom. The van der Waals surface area contributed by atoms with Gasteiger partial charge in [0.05, 0.1) is 10.5 Å². The molecule has 0 saturated carbocycles. The highest BCUT2D eigenvalue weighted by Gasteiger charge is 2.22. The molecule has 0 bridgehead atoms. The standard InChI is InChI=1S/C12H19ClN2O3S/c1-12(2,18-3)8-15-19(16,17)10-4-5-11(13)9(6-10)7-14/h4-6,15H,7-8,14H2,1-3H3. The van der Waals surface area contributed by atoms with Crippen LogP contribution in [0.25, 0.3) is 0 Å². The molecule has 108 valence electrons. The van der Waals surface area contributed by atoms with Crippen molar-refractivity contribution in [3.8, 4) is 0 Å². The zero-order valence-electron chi connectivity index (χ0n) is 11.2. The van der Waals surface area contributed by atoms with Gasteiger partial charge >= 0.3 is 0 Å². The first kappa shape index (κ1) is 16.4. The molecule has 0 aliphatic rings. The number of methoxy groups -OCH3 is 1. The lowest BCUT2D eigenvalue weighted by molar-refractivity contribution is 0.0276. The summed E-state index contributed by atoms with van der Waals surface area (Å²) in [5.74, 6) is 0. The molecule has 0 radical (unpaired) electrons. The number of hydrogen-bond donors (Lipinski definition) is 2. The largest absolute Gasteiger partial charge is 0.377 e. The molecule has 19 heavy (non-hydrogen) atoms. The Balaban J connectivity index is 2.95. The number of hydrogen-bond acceptors (Lipinski definition) is 4. The molecule has 1 aromatic rings. The molecule has 5 nitrogen and oxygen atoms in total. The first-order valence-electron chi connectivity index (χ1n) is 5.75. The van der Waals surface area contributed by atoms with Crippen LogP contribution in [0.2, 0.25) is 5.02 Å². The Morgan fingerprint density at radius 2 is 2.05 bits per heavy atom. The Kier molecular flexibility index (Phi) is 5.34. The molecule has 0 spiro atoms. The van der Waals surface area contributed by atoms with Gasteiger partial charge in [-0.05, 0) is 37.6 Å². The molecule has 0 atom stereocenters. The summed E-state index contributed by atoms with van der Waals surface area (Å²) in [5.41, 5.74) is 5.53. The van der Waals surface area contributed by atoms with E-state index in [2.05, 4.69) is 4.72 Å². The highest BCUT2D eigenvalue weighted by Crippen LogP contribution is 2.20. The highest BCUT2D eigenvalue weighted by molar-refractivity contribution is 7.89. The third kappa shape index (κ3) is 4.43. The van der Waals surface area contributed by atoms with Gasteiger partial charge in [0.25, 0.3) is 0 Å². The maximum absolute atomic E-state index is 12.1. The van der Waals surface area contributed by atoms with Crippen LogP contribution in [-0.2, 0) is 21.3 Å². The summed E-state index contributed by atoms with van der Waals surface area (Å²) in [6, 6.07) is 4.45. The summed E-state index contributed by atoms with van der Waals surface area (Å²) in [4.78, 5) is 0.143. The topological polar surface area (TPSA) is 81.4 Å². The lowest BCUT2D eigenvalue weighted by atomic mass is 10.1.